The minimum atomic E-state index is 0. The molecular weight excluding hydrogens is 353 g/mol. The molecule has 0 amide bonds. The quantitative estimate of drug-likeness (QED) is 0.449. The van der Waals surface area contributed by atoms with Gasteiger partial charge in [-0.15, -0.1) is 24.0 Å². The molecule has 2 saturated heterocycles. The van der Waals surface area contributed by atoms with Crippen LogP contribution in [0.25, 0.3) is 0 Å². The first-order chi connectivity index (χ1) is 8.85. The molecule has 0 aromatic carbocycles. The number of halogens is 1. The minimum Gasteiger partial charge on any atom is -0.373 e. The maximum atomic E-state index is 5.86. The first-order valence-electron chi connectivity index (χ1n) is 7.48. The van der Waals surface area contributed by atoms with Crippen LogP contribution in [0.1, 0.15) is 44.9 Å². The summed E-state index contributed by atoms with van der Waals surface area (Å²) < 4.78 is 5.86. The zero-order valence-corrected chi connectivity index (χ0v) is 14.1. The summed E-state index contributed by atoms with van der Waals surface area (Å²) in [6, 6.07) is 0.471. The smallest absolute Gasteiger partial charge is 0.191 e. The van der Waals surface area contributed by atoms with E-state index >= 15 is 0 Å². The molecule has 3 atom stereocenters. The second-order valence-corrected chi connectivity index (χ2v) is 5.96. The van der Waals surface area contributed by atoms with Crippen LogP contribution in [-0.2, 0) is 4.74 Å². The molecule has 2 heterocycles. The molecule has 3 fully saturated rings. The van der Waals surface area contributed by atoms with Crippen LogP contribution in [0.4, 0.5) is 0 Å². The molecule has 2 N–H and O–H groups in total. The van der Waals surface area contributed by atoms with Crippen molar-refractivity contribution in [2.24, 2.45) is 10.9 Å². The van der Waals surface area contributed by atoms with Gasteiger partial charge in [-0.05, 0) is 38.0 Å². The number of nitrogens with zero attached hydrogens (tertiary/aromatic N) is 1. The van der Waals surface area contributed by atoms with E-state index in [4.69, 9.17) is 4.74 Å². The Hall–Kier alpha value is -0.0400. The number of hydrogen-bond donors (Lipinski definition) is 2. The van der Waals surface area contributed by atoms with Crippen molar-refractivity contribution >= 4 is 29.9 Å². The molecule has 4 nitrogen and oxygen atoms in total. The molecule has 1 saturated carbocycles. The molecule has 2 bridgehead atoms. The molecule has 0 radical (unpaired) electrons. The third-order valence-corrected chi connectivity index (χ3v) is 4.68. The van der Waals surface area contributed by atoms with Gasteiger partial charge < -0.3 is 15.4 Å². The van der Waals surface area contributed by atoms with Crippen molar-refractivity contribution in [2.45, 2.75) is 63.2 Å². The van der Waals surface area contributed by atoms with E-state index in [1.807, 2.05) is 7.05 Å². The summed E-state index contributed by atoms with van der Waals surface area (Å²) in [4.78, 5) is 4.33. The Labute approximate surface area is 133 Å². The molecule has 19 heavy (non-hydrogen) atoms. The second-order valence-electron chi connectivity index (χ2n) is 5.96. The highest BCUT2D eigenvalue weighted by Crippen LogP contribution is 2.34. The largest absolute Gasteiger partial charge is 0.373 e. The van der Waals surface area contributed by atoms with Gasteiger partial charge in [0, 0.05) is 13.6 Å². The fourth-order valence-corrected chi connectivity index (χ4v) is 3.62. The summed E-state index contributed by atoms with van der Waals surface area (Å²) in [7, 11) is 1.86. The Balaban J connectivity index is 0.00000133. The van der Waals surface area contributed by atoms with Crippen LogP contribution in [0.3, 0.4) is 0 Å². The van der Waals surface area contributed by atoms with E-state index in [2.05, 4.69) is 15.6 Å². The van der Waals surface area contributed by atoms with Gasteiger partial charge in [0.2, 0.25) is 0 Å². The van der Waals surface area contributed by atoms with Crippen molar-refractivity contribution in [3.05, 3.63) is 0 Å². The summed E-state index contributed by atoms with van der Waals surface area (Å²) in [5.74, 6) is 1.81. The van der Waals surface area contributed by atoms with Gasteiger partial charge in [-0.1, -0.05) is 12.8 Å². The van der Waals surface area contributed by atoms with Crippen LogP contribution in [0.15, 0.2) is 4.99 Å². The molecule has 110 valence electrons. The van der Waals surface area contributed by atoms with E-state index < -0.39 is 0 Å². The number of aliphatic imine (C=N–C) groups is 1. The van der Waals surface area contributed by atoms with Crippen LogP contribution >= 0.6 is 24.0 Å². The molecule has 0 aromatic rings. The van der Waals surface area contributed by atoms with E-state index in [0.29, 0.717) is 18.2 Å². The lowest BCUT2D eigenvalue weighted by Gasteiger charge is -2.23. The van der Waals surface area contributed by atoms with Crippen molar-refractivity contribution in [1.82, 2.24) is 10.6 Å². The van der Waals surface area contributed by atoms with Gasteiger partial charge in [0.25, 0.3) is 0 Å². The number of fused-ring (bicyclic) bond motifs is 2. The lowest BCUT2D eigenvalue weighted by molar-refractivity contribution is 0.0992. The molecular formula is C14H26IN3O. The first-order valence-corrected chi connectivity index (χ1v) is 7.48. The van der Waals surface area contributed by atoms with E-state index in [0.717, 1.165) is 24.8 Å². The summed E-state index contributed by atoms with van der Waals surface area (Å²) in [5.41, 5.74) is 0. The third-order valence-electron chi connectivity index (χ3n) is 4.68. The molecule has 2 aliphatic heterocycles. The maximum Gasteiger partial charge on any atom is 0.191 e. The van der Waals surface area contributed by atoms with Crippen LogP contribution < -0.4 is 10.6 Å². The molecule has 0 aromatic heterocycles. The van der Waals surface area contributed by atoms with Crippen LogP contribution in [0.5, 0.6) is 0 Å². The highest BCUT2D eigenvalue weighted by Gasteiger charge is 2.41. The van der Waals surface area contributed by atoms with Crippen molar-refractivity contribution in [2.75, 3.05) is 13.6 Å². The van der Waals surface area contributed by atoms with Crippen LogP contribution in [0, 0.1) is 5.92 Å². The monoisotopic (exact) mass is 379 g/mol. The van der Waals surface area contributed by atoms with Gasteiger partial charge >= 0.3 is 0 Å². The predicted molar refractivity (Wildman–Crippen MR) is 88.2 cm³/mol. The molecule has 3 aliphatic rings. The van der Waals surface area contributed by atoms with E-state index in [9.17, 15) is 0 Å². The topological polar surface area (TPSA) is 45.7 Å². The first kappa shape index (κ1) is 15.4. The fourth-order valence-electron chi connectivity index (χ4n) is 3.62. The van der Waals surface area contributed by atoms with Crippen molar-refractivity contribution in [3.8, 4) is 0 Å². The SMILES string of the molecule is CN=C(NCC1CCCC1)NC1CC2CCC1O2.I. The number of ether oxygens (including phenoxy) is 1. The molecule has 3 rings (SSSR count). The Bertz CT molecular complexity index is 318. The van der Waals surface area contributed by atoms with Gasteiger partial charge in [0.1, 0.15) is 0 Å². The van der Waals surface area contributed by atoms with Gasteiger partial charge in [-0.25, -0.2) is 0 Å². The molecule has 1 aliphatic carbocycles. The second kappa shape index (κ2) is 7.11. The van der Waals surface area contributed by atoms with Gasteiger partial charge in [0.05, 0.1) is 18.2 Å². The third kappa shape index (κ3) is 3.74. The maximum absolute atomic E-state index is 5.86. The highest BCUT2D eigenvalue weighted by atomic mass is 127. The fraction of sp³-hybridized carbons (Fsp3) is 0.929. The van der Waals surface area contributed by atoms with Crippen LogP contribution in [-0.4, -0.2) is 37.8 Å². The normalized spacial score (nSPS) is 34.4. The van der Waals surface area contributed by atoms with E-state index in [1.54, 1.807) is 0 Å². The number of rotatable bonds is 3. The summed E-state index contributed by atoms with van der Waals surface area (Å²) in [6.45, 7) is 1.07. The average Bonchev–Trinajstić information content (AvgIpc) is 3.10. The van der Waals surface area contributed by atoms with Gasteiger partial charge in [-0.3, -0.25) is 4.99 Å². The highest BCUT2D eigenvalue weighted by molar-refractivity contribution is 14.0. The zero-order valence-electron chi connectivity index (χ0n) is 11.7. The lowest BCUT2D eigenvalue weighted by Crippen LogP contribution is -2.48. The molecule has 5 heteroatoms. The van der Waals surface area contributed by atoms with E-state index in [1.165, 1.54) is 38.5 Å². The number of nitrogens with one attached hydrogen (secondary N) is 2. The summed E-state index contributed by atoms with van der Waals surface area (Å²) >= 11 is 0. The Kier molecular flexibility index (Phi) is 5.74. The molecule has 3 unspecified atom stereocenters. The van der Waals surface area contributed by atoms with Crippen molar-refractivity contribution in [3.63, 3.8) is 0 Å². The Morgan fingerprint density at radius 3 is 2.58 bits per heavy atom. The summed E-state index contributed by atoms with van der Waals surface area (Å²) in [5, 5.41) is 7.02. The molecule has 0 spiro atoms. The van der Waals surface area contributed by atoms with E-state index in [-0.39, 0.29) is 24.0 Å². The zero-order chi connectivity index (χ0) is 12.4. The Morgan fingerprint density at radius 1 is 1.21 bits per heavy atom. The summed E-state index contributed by atoms with van der Waals surface area (Å²) in [6.07, 6.45) is 10.1. The average molecular weight is 379 g/mol. The Morgan fingerprint density at radius 2 is 2.00 bits per heavy atom. The lowest BCUT2D eigenvalue weighted by atomic mass is 9.96. The number of guanidine groups is 1. The van der Waals surface area contributed by atoms with Gasteiger partial charge in [0.15, 0.2) is 5.96 Å². The van der Waals surface area contributed by atoms with Crippen molar-refractivity contribution in [1.29, 1.82) is 0 Å². The van der Waals surface area contributed by atoms with Crippen molar-refractivity contribution < 1.29 is 4.74 Å². The minimum absolute atomic E-state index is 0. The van der Waals surface area contributed by atoms with Gasteiger partial charge in [-0.2, -0.15) is 0 Å². The van der Waals surface area contributed by atoms with Crippen LogP contribution in [0.2, 0.25) is 0 Å². The number of hydrogen-bond acceptors (Lipinski definition) is 2. The predicted octanol–water partition coefficient (Wildman–Crippen LogP) is 2.28. The standard InChI is InChI=1S/C14H25N3O.HI/c1-15-14(16-9-10-4-2-3-5-10)17-12-8-11-6-7-13(12)18-11;/h10-13H,2-9H2,1H3,(H2,15,16,17);1H.